The number of carbonyl (C=O) groups excluding carboxylic acids is 1. The molecule has 7 atom stereocenters. The van der Waals surface area contributed by atoms with Crippen LogP contribution in [0.15, 0.2) is 17.1 Å². The number of rotatable bonds is 14. The van der Waals surface area contributed by atoms with Gasteiger partial charge in [0.15, 0.2) is 0 Å². The molecule has 37 heavy (non-hydrogen) atoms. The van der Waals surface area contributed by atoms with Crippen LogP contribution in [0.3, 0.4) is 0 Å². The molecule has 0 radical (unpaired) electrons. The van der Waals surface area contributed by atoms with Crippen LogP contribution in [0.25, 0.3) is 0 Å². The molecular weight excluding hydrogens is 514 g/mol. The summed E-state index contributed by atoms with van der Waals surface area (Å²) >= 11 is 1.87. The van der Waals surface area contributed by atoms with Crippen LogP contribution in [-0.4, -0.2) is 70.2 Å². The van der Waals surface area contributed by atoms with Crippen molar-refractivity contribution in [1.29, 1.82) is 5.26 Å². The first-order chi connectivity index (χ1) is 17.4. The zero-order chi connectivity index (χ0) is 28.0. The molecule has 208 valence electrons. The van der Waals surface area contributed by atoms with E-state index in [0.717, 1.165) is 17.4 Å². The molecule has 2 heterocycles. The average molecular weight is 556 g/mol. The van der Waals surface area contributed by atoms with Gasteiger partial charge in [-0.15, -0.1) is 0 Å². The van der Waals surface area contributed by atoms with E-state index in [-0.39, 0.29) is 17.0 Å². The fourth-order valence-corrected chi connectivity index (χ4v) is 8.95. The Morgan fingerprint density at radius 2 is 2.00 bits per heavy atom. The first-order valence-electron chi connectivity index (χ1n) is 12.8. The van der Waals surface area contributed by atoms with Gasteiger partial charge in [-0.2, -0.15) is 22.0 Å². The van der Waals surface area contributed by atoms with E-state index in [0.29, 0.717) is 23.4 Å². The molecular formula is C25H41N3O7SSi. The molecule has 1 aromatic heterocycles. The van der Waals surface area contributed by atoms with Gasteiger partial charge in [0.2, 0.25) is 5.88 Å². The maximum atomic E-state index is 12.8. The molecule has 1 aromatic rings. The number of ether oxygens (including phenoxy) is 2. The summed E-state index contributed by atoms with van der Waals surface area (Å²) < 4.78 is 18.5. The third-order valence-corrected chi connectivity index (χ3v) is 12.0. The Bertz CT molecular complexity index is 1000. The number of aliphatic hydroxyl groups excluding tert-OH is 1. The van der Waals surface area contributed by atoms with Crippen LogP contribution in [0, 0.1) is 17.2 Å². The van der Waals surface area contributed by atoms with Crippen LogP contribution >= 0.6 is 11.8 Å². The normalized spacial score (nSPS) is 27.0. The van der Waals surface area contributed by atoms with E-state index >= 15 is 0 Å². The molecule has 10 nitrogen and oxygen atoms in total. The van der Waals surface area contributed by atoms with Crippen molar-refractivity contribution in [2.45, 2.75) is 101 Å². The van der Waals surface area contributed by atoms with Gasteiger partial charge in [-0.05, 0) is 36.1 Å². The van der Waals surface area contributed by atoms with Crippen molar-refractivity contribution >= 4 is 26.6 Å². The minimum Gasteiger partial charge on any atom is -0.478 e. The maximum Gasteiger partial charge on any atom is 0.354 e. The largest absolute Gasteiger partial charge is 0.478 e. The highest BCUT2D eigenvalue weighted by molar-refractivity contribution is 8.00. The second-order valence-corrected chi connectivity index (χ2v) is 16.0. The predicted octanol–water partition coefficient (Wildman–Crippen LogP) is 2.95. The number of hydrogen-bond donors (Lipinski definition) is 2. The van der Waals surface area contributed by atoms with Gasteiger partial charge < -0.3 is 28.6 Å². The molecule has 2 N–H and O–H groups in total. The molecule has 3 unspecified atom stereocenters. The topological polar surface area (TPSA) is 144 Å². The van der Waals surface area contributed by atoms with E-state index in [4.69, 9.17) is 13.9 Å². The third-order valence-electron chi connectivity index (χ3n) is 6.79. The molecule has 12 heteroatoms. The first-order valence-corrected chi connectivity index (χ1v) is 15.8. The number of thioether (sulfide) groups is 1. The first kappa shape index (κ1) is 31.5. The van der Waals surface area contributed by atoms with Crippen LogP contribution < -0.4 is 10.4 Å². The summed E-state index contributed by atoms with van der Waals surface area (Å²) in [4.78, 5) is 41.0. The van der Waals surface area contributed by atoms with Crippen molar-refractivity contribution in [3.05, 3.63) is 22.7 Å². The Hall–Kier alpha value is -1.75. The van der Waals surface area contributed by atoms with Gasteiger partial charge in [-0.1, -0.05) is 41.5 Å². The zero-order valence-corrected chi connectivity index (χ0v) is 24.6. The lowest BCUT2D eigenvalue weighted by Gasteiger charge is -2.38. The van der Waals surface area contributed by atoms with Gasteiger partial charge in [-0.3, -0.25) is 4.57 Å². The molecule has 1 saturated heterocycles. The minimum atomic E-state index is -3.52. The Morgan fingerprint density at radius 1 is 1.32 bits per heavy atom. The van der Waals surface area contributed by atoms with Crippen LogP contribution in [0.2, 0.25) is 11.1 Å². The fraction of sp³-hybridized carbons (Fsp3) is 0.760. The number of aldehydes is 1. The lowest BCUT2D eigenvalue weighted by Crippen LogP contribution is -2.53. The molecule has 1 aliphatic heterocycles. The minimum absolute atomic E-state index is 0.0734. The number of aliphatic hydroxyl groups is 1. The lowest BCUT2D eigenvalue weighted by atomic mass is 9.93. The second-order valence-electron chi connectivity index (χ2n) is 10.1. The van der Waals surface area contributed by atoms with Crippen molar-refractivity contribution in [3.63, 3.8) is 0 Å². The highest BCUT2D eigenvalue weighted by Crippen LogP contribution is 2.45. The second kappa shape index (κ2) is 13.4. The number of hydrogen-bond acceptors (Lipinski definition) is 10. The van der Waals surface area contributed by atoms with Crippen molar-refractivity contribution in [3.8, 4) is 11.9 Å². The van der Waals surface area contributed by atoms with Crippen molar-refractivity contribution in [1.82, 2.24) is 9.55 Å². The van der Waals surface area contributed by atoms with E-state index in [1.807, 2.05) is 38.6 Å². The summed E-state index contributed by atoms with van der Waals surface area (Å²) in [5, 5.41) is 21.2. The SMILES string of the molecule is CCOc1ccn([C@]2(C#N)O[C@H](CO)[C@@H](O[Si](O)(C(C)C)C(C)CCC(C)SC(C)C)[C@H]2C=O)c(=O)n1. The summed E-state index contributed by atoms with van der Waals surface area (Å²) in [6.45, 7) is 13.6. The lowest BCUT2D eigenvalue weighted by molar-refractivity contribution is -0.123. The number of nitriles is 1. The molecule has 0 saturated carbocycles. The quantitative estimate of drug-likeness (QED) is 0.260. The van der Waals surface area contributed by atoms with E-state index < -0.39 is 44.7 Å². The zero-order valence-electron chi connectivity index (χ0n) is 22.8. The van der Waals surface area contributed by atoms with E-state index in [1.165, 1.54) is 12.3 Å². The molecule has 1 aliphatic rings. The summed E-state index contributed by atoms with van der Waals surface area (Å²) in [7, 11) is -3.52. The third kappa shape index (κ3) is 6.82. The Labute approximate surface area is 224 Å². The average Bonchev–Trinajstić information content (AvgIpc) is 3.15. The van der Waals surface area contributed by atoms with Gasteiger partial charge in [0.25, 0.3) is 5.72 Å². The standard InChI is InChI=1S/C25H41N3O7SSi/c1-8-33-22-11-12-28(24(31)27-22)25(15-26)20(13-29)23(21(14-30)34-25)35-37(32,17(4)5)19(7)10-9-18(6)36-16(2)3/h11-13,16-21,23,30,32H,8-10,14H2,1-7H3/t18?,19?,20-,21-,23+,25-,37?/m1/s1. The van der Waals surface area contributed by atoms with Gasteiger partial charge in [0.05, 0.1) is 19.3 Å². The Kier molecular flexibility index (Phi) is 11.4. The monoisotopic (exact) mass is 555 g/mol. The Morgan fingerprint density at radius 3 is 2.49 bits per heavy atom. The maximum absolute atomic E-state index is 12.8. The number of carbonyl (C=O) groups is 1. The fourth-order valence-electron chi connectivity index (χ4n) is 4.79. The van der Waals surface area contributed by atoms with E-state index in [2.05, 4.69) is 25.8 Å². The van der Waals surface area contributed by atoms with Gasteiger partial charge in [0.1, 0.15) is 24.4 Å². The Balaban J connectivity index is 2.42. The van der Waals surface area contributed by atoms with Crippen molar-refractivity contribution in [2.24, 2.45) is 5.92 Å². The van der Waals surface area contributed by atoms with Gasteiger partial charge >= 0.3 is 14.3 Å². The highest BCUT2D eigenvalue weighted by Gasteiger charge is 2.61. The molecule has 0 aliphatic carbocycles. The van der Waals surface area contributed by atoms with Crippen molar-refractivity contribution in [2.75, 3.05) is 13.2 Å². The molecule has 0 spiro atoms. The molecule has 1 fully saturated rings. The number of nitrogens with zero attached hydrogens (tertiary/aromatic N) is 3. The highest BCUT2D eigenvalue weighted by atomic mass is 32.2. The van der Waals surface area contributed by atoms with Gasteiger partial charge in [0, 0.05) is 17.5 Å². The molecule has 0 aromatic carbocycles. The van der Waals surface area contributed by atoms with E-state index in [9.17, 15) is 24.8 Å². The molecule has 0 bridgehead atoms. The summed E-state index contributed by atoms with van der Waals surface area (Å²) in [6.07, 6.45) is 1.12. The van der Waals surface area contributed by atoms with Crippen LogP contribution in [0.5, 0.6) is 5.88 Å². The van der Waals surface area contributed by atoms with Gasteiger partial charge in [-0.25, -0.2) is 4.79 Å². The molecule has 2 rings (SSSR count). The van der Waals surface area contributed by atoms with Crippen molar-refractivity contribution < 1.29 is 28.6 Å². The van der Waals surface area contributed by atoms with Crippen LogP contribution in [0.4, 0.5) is 0 Å². The van der Waals surface area contributed by atoms with Crippen LogP contribution in [0.1, 0.15) is 61.3 Å². The summed E-state index contributed by atoms with van der Waals surface area (Å²) in [5.41, 5.74) is -3.39. The summed E-state index contributed by atoms with van der Waals surface area (Å²) in [6, 6.07) is 3.35. The molecule has 0 amide bonds. The smallest absolute Gasteiger partial charge is 0.354 e. The number of aromatic nitrogens is 2. The van der Waals surface area contributed by atoms with Crippen LogP contribution in [-0.2, 0) is 19.7 Å². The van der Waals surface area contributed by atoms with E-state index in [1.54, 1.807) is 6.92 Å². The predicted molar refractivity (Wildman–Crippen MR) is 144 cm³/mol. The summed E-state index contributed by atoms with van der Waals surface area (Å²) in [5.74, 6) is -1.23.